The number of nitrogens with zero attached hydrogens (tertiary/aromatic N) is 4. The minimum atomic E-state index is -0.529. The van der Waals surface area contributed by atoms with E-state index in [9.17, 15) is 19.3 Å². The summed E-state index contributed by atoms with van der Waals surface area (Å²) >= 11 is 1.40. The van der Waals surface area contributed by atoms with Crippen molar-refractivity contribution in [3.05, 3.63) is 86.2 Å². The lowest BCUT2D eigenvalue weighted by Crippen LogP contribution is -2.21. The third kappa shape index (κ3) is 3.32. The molecule has 4 rings (SSSR count). The Hall–Kier alpha value is -3.46. The number of rotatable bonds is 4. The van der Waals surface area contributed by atoms with Crippen LogP contribution in [0.25, 0.3) is 21.5 Å². The van der Waals surface area contributed by atoms with Crippen LogP contribution in [0.3, 0.4) is 0 Å². The van der Waals surface area contributed by atoms with E-state index in [1.165, 1.54) is 52.6 Å². The summed E-state index contributed by atoms with van der Waals surface area (Å²) < 4.78 is 14.4. The monoisotopic (exact) mass is 382 g/mol. The zero-order valence-corrected chi connectivity index (χ0v) is 14.5. The Labute approximate surface area is 155 Å². The standard InChI is InChI=1S/C18H11FN4O3S/c19-12-3-1-11(2-4-12)17-21-13(9-27-17)8-22-10-20-16-7-14(23(25)26)5-6-15(16)18(22)24/h1-7,9-10H,8H2. The van der Waals surface area contributed by atoms with Crippen molar-refractivity contribution in [2.45, 2.75) is 6.54 Å². The molecule has 2 heterocycles. The van der Waals surface area contributed by atoms with E-state index in [4.69, 9.17) is 0 Å². The third-order valence-corrected chi connectivity index (χ3v) is 4.94. The molecule has 0 amide bonds. The van der Waals surface area contributed by atoms with Gasteiger partial charge in [-0.25, -0.2) is 14.4 Å². The first-order valence-corrected chi connectivity index (χ1v) is 8.73. The number of non-ortho nitro benzene ring substituents is 1. The van der Waals surface area contributed by atoms with E-state index in [0.29, 0.717) is 11.1 Å². The van der Waals surface area contributed by atoms with Gasteiger partial charge >= 0.3 is 0 Å². The Morgan fingerprint density at radius 1 is 1.19 bits per heavy atom. The molecule has 2 aromatic carbocycles. The SMILES string of the molecule is O=c1c2ccc([N+](=O)[O-])cc2ncn1Cc1csc(-c2ccc(F)cc2)n1. The van der Waals surface area contributed by atoms with E-state index < -0.39 is 4.92 Å². The number of halogens is 1. The molecule has 0 radical (unpaired) electrons. The molecule has 2 aromatic heterocycles. The van der Waals surface area contributed by atoms with E-state index in [1.54, 1.807) is 12.1 Å². The van der Waals surface area contributed by atoms with Crippen LogP contribution in [0.2, 0.25) is 0 Å². The first-order valence-electron chi connectivity index (χ1n) is 7.85. The van der Waals surface area contributed by atoms with E-state index in [2.05, 4.69) is 9.97 Å². The van der Waals surface area contributed by atoms with Gasteiger partial charge in [-0.1, -0.05) is 0 Å². The van der Waals surface area contributed by atoms with Gasteiger partial charge in [0.25, 0.3) is 11.2 Å². The maximum atomic E-state index is 13.0. The Bertz CT molecular complexity index is 1220. The van der Waals surface area contributed by atoms with Crippen molar-refractivity contribution in [2.24, 2.45) is 0 Å². The van der Waals surface area contributed by atoms with Crippen molar-refractivity contribution in [3.8, 4) is 10.6 Å². The minimum Gasteiger partial charge on any atom is -0.293 e. The van der Waals surface area contributed by atoms with Crippen molar-refractivity contribution < 1.29 is 9.31 Å². The van der Waals surface area contributed by atoms with Crippen molar-refractivity contribution in [3.63, 3.8) is 0 Å². The molecule has 0 unspecified atom stereocenters. The van der Waals surface area contributed by atoms with Crippen LogP contribution in [0.1, 0.15) is 5.69 Å². The van der Waals surface area contributed by atoms with Gasteiger partial charge in [0.1, 0.15) is 10.8 Å². The fraction of sp³-hybridized carbons (Fsp3) is 0.0556. The molecule has 9 heteroatoms. The highest BCUT2D eigenvalue weighted by molar-refractivity contribution is 7.13. The van der Waals surface area contributed by atoms with Crippen LogP contribution in [-0.4, -0.2) is 19.5 Å². The number of benzene rings is 2. The first-order chi connectivity index (χ1) is 13.0. The largest absolute Gasteiger partial charge is 0.293 e. The molecular formula is C18H11FN4O3S. The normalized spacial score (nSPS) is 11.0. The molecule has 0 aliphatic heterocycles. The molecule has 27 heavy (non-hydrogen) atoms. The summed E-state index contributed by atoms with van der Waals surface area (Å²) in [5.74, 6) is -0.315. The van der Waals surface area contributed by atoms with Crippen LogP contribution < -0.4 is 5.56 Å². The smallest absolute Gasteiger partial charge is 0.271 e. The molecular weight excluding hydrogens is 371 g/mol. The fourth-order valence-corrected chi connectivity index (χ4v) is 3.47. The van der Waals surface area contributed by atoms with E-state index >= 15 is 0 Å². The Morgan fingerprint density at radius 3 is 2.70 bits per heavy atom. The molecule has 0 spiro atoms. The molecule has 0 bridgehead atoms. The molecule has 0 aliphatic carbocycles. The summed E-state index contributed by atoms with van der Waals surface area (Å²) in [6.07, 6.45) is 1.35. The second kappa shape index (κ2) is 6.69. The number of thiazole rings is 1. The van der Waals surface area contributed by atoms with Crippen molar-refractivity contribution in [1.29, 1.82) is 0 Å². The fourth-order valence-electron chi connectivity index (χ4n) is 2.65. The predicted molar refractivity (Wildman–Crippen MR) is 99.3 cm³/mol. The highest BCUT2D eigenvalue weighted by Gasteiger charge is 2.12. The average molecular weight is 382 g/mol. The number of hydrogen-bond donors (Lipinski definition) is 0. The van der Waals surface area contributed by atoms with Gasteiger partial charge in [0.15, 0.2) is 0 Å². The molecule has 0 aliphatic rings. The van der Waals surface area contributed by atoms with Crippen LogP contribution in [0.15, 0.2) is 59.0 Å². The Kier molecular flexibility index (Phi) is 4.21. The molecule has 4 aromatic rings. The summed E-state index contributed by atoms with van der Waals surface area (Å²) in [6, 6.07) is 10.00. The molecule has 0 fully saturated rings. The summed E-state index contributed by atoms with van der Waals surface area (Å²) in [5.41, 5.74) is 1.32. The maximum Gasteiger partial charge on any atom is 0.271 e. The van der Waals surface area contributed by atoms with E-state index in [0.717, 1.165) is 10.6 Å². The van der Waals surface area contributed by atoms with Gasteiger partial charge < -0.3 is 0 Å². The molecule has 134 valence electrons. The van der Waals surface area contributed by atoms with E-state index in [1.807, 2.05) is 5.38 Å². The number of nitro groups is 1. The van der Waals surface area contributed by atoms with Crippen molar-refractivity contribution in [1.82, 2.24) is 14.5 Å². The van der Waals surface area contributed by atoms with Gasteiger partial charge in [0, 0.05) is 23.1 Å². The van der Waals surface area contributed by atoms with Crippen LogP contribution in [-0.2, 0) is 6.54 Å². The van der Waals surface area contributed by atoms with Gasteiger partial charge in [0.2, 0.25) is 0 Å². The molecule has 0 N–H and O–H groups in total. The quantitative estimate of drug-likeness (QED) is 0.397. The zero-order valence-electron chi connectivity index (χ0n) is 13.7. The lowest BCUT2D eigenvalue weighted by molar-refractivity contribution is -0.384. The lowest BCUT2D eigenvalue weighted by atomic mass is 10.2. The van der Waals surface area contributed by atoms with Gasteiger partial charge in [-0.05, 0) is 30.3 Å². The highest BCUT2D eigenvalue weighted by Crippen LogP contribution is 2.24. The van der Waals surface area contributed by atoms with Gasteiger partial charge in [-0.15, -0.1) is 11.3 Å². The molecule has 0 atom stereocenters. The number of aromatic nitrogens is 3. The minimum absolute atomic E-state index is 0.115. The van der Waals surface area contributed by atoms with E-state index in [-0.39, 0.29) is 29.1 Å². The second-order valence-corrected chi connectivity index (χ2v) is 6.65. The molecule has 7 nitrogen and oxygen atoms in total. The second-order valence-electron chi connectivity index (χ2n) is 5.79. The van der Waals surface area contributed by atoms with Crippen molar-refractivity contribution in [2.75, 3.05) is 0 Å². The summed E-state index contributed by atoms with van der Waals surface area (Å²) in [7, 11) is 0. The highest BCUT2D eigenvalue weighted by atomic mass is 32.1. The average Bonchev–Trinajstić information content (AvgIpc) is 3.13. The number of hydrogen-bond acceptors (Lipinski definition) is 6. The summed E-state index contributed by atoms with van der Waals surface area (Å²) in [4.78, 5) is 31.6. The van der Waals surface area contributed by atoms with Crippen LogP contribution in [0, 0.1) is 15.9 Å². The maximum absolute atomic E-state index is 13.0. The van der Waals surface area contributed by atoms with Crippen LogP contribution in [0.4, 0.5) is 10.1 Å². The molecule has 0 saturated heterocycles. The predicted octanol–water partition coefficient (Wildman–Crippen LogP) is 3.62. The lowest BCUT2D eigenvalue weighted by Gasteiger charge is -2.04. The van der Waals surface area contributed by atoms with Crippen molar-refractivity contribution >= 4 is 27.9 Å². The first kappa shape index (κ1) is 17.0. The Balaban J connectivity index is 1.65. The Morgan fingerprint density at radius 2 is 1.96 bits per heavy atom. The van der Waals surface area contributed by atoms with Gasteiger partial charge in [-0.2, -0.15) is 0 Å². The zero-order chi connectivity index (χ0) is 19.0. The topological polar surface area (TPSA) is 90.9 Å². The van der Waals surface area contributed by atoms with Crippen LogP contribution >= 0.6 is 11.3 Å². The third-order valence-electron chi connectivity index (χ3n) is 3.99. The van der Waals surface area contributed by atoms with Gasteiger partial charge in [0.05, 0.1) is 34.4 Å². The number of nitro benzene ring substituents is 1. The molecule has 0 saturated carbocycles. The van der Waals surface area contributed by atoms with Crippen LogP contribution in [0.5, 0.6) is 0 Å². The number of fused-ring (bicyclic) bond motifs is 1. The summed E-state index contributed by atoms with van der Waals surface area (Å²) in [5, 5.41) is 13.7. The van der Waals surface area contributed by atoms with Gasteiger partial charge in [-0.3, -0.25) is 19.5 Å². The summed E-state index contributed by atoms with van der Waals surface area (Å²) in [6.45, 7) is 0.219.